The van der Waals surface area contributed by atoms with Gasteiger partial charge >= 0.3 is 11.9 Å². The van der Waals surface area contributed by atoms with Gasteiger partial charge in [0.1, 0.15) is 5.82 Å². The van der Waals surface area contributed by atoms with E-state index in [9.17, 15) is 18.0 Å². The van der Waals surface area contributed by atoms with Crippen molar-refractivity contribution in [2.24, 2.45) is 0 Å². The number of carbonyl (C=O) groups excluding carboxylic acids is 1. The highest BCUT2D eigenvalue weighted by molar-refractivity contribution is 6.30. The van der Waals surface area contributed by atoms with E-state index in [1.54, 1.807) is 0 Å². The van der Waals surface area contributed by atoms with Crippen LogP contribution in [0.2, 0.25) is 5.02 Å². The zero-order valence-corrected chi connectivity index (χ0v) is 9.02. The largest absolute Gasteiger partial charge is 0.461 e. The van der Waals surface area contributed by atoms with Crippen LogP contribution in [0.4, 0.5) is 13.2 Å². The highest BCUT2D eigenvalue weighted by atomic mass is 35.5. The molecular formula is C10H8ClF3O2. The van der Waals surface area contributed by atoms with Gasteiger partial charge in [-0.05, 0) is 25.1 Å². The minimum Gasteiger partial charge on any atom is -0.461 e. The lowest BCUT2D eigenvalue weighted by molar-refractivity contribution is -0.173. The summed E-state index contributed by atoms with van der Waals surface area (Å²) >= 11 is 5.41. The molecule has 2 nitrogen and oxygen atoms in total. The first kappa shape index (κ1) is 12.8. The molecule has 0 atom stereocenters. The van der Waals surface area contributed by atoms with Crippen LogP contribution in [0.1, 0.15) is 12.5 Å². The van der Waals surface area contributed by atoms with E-state index >= 15 is 0 Å². The van der Waals surface area contributed by atoms with Crippen molar-refractivity contribution in [2.75, 3.05) is 6.61 Å². The standard InChI is InChI=1S/C10H8ClF3O2/c1-2-16-9(15)10(13,14)7-4-3-6(11)5-8(7)12/h3-5H,2H2,1H3. The first-order valence-electron chi connectivity index (χ1n) is 4.40. The second-order valence-electron chi connectivity index (χ2n) is 2.92. The Balaban J connectivity index is 3.11. The molecule has 0 N–H and O–H groups in total. The summed E-state index contributed by atoms with van der Waals surface area (Å²) in [5.74, 6) is -7.04. The Morgan fingerprint density at radius 1 is 1.50 bits per heavy atom. The smallest absolute Gasteiger partial charge is 0.382 e. The van der Waals surface area contributed by atoms with Crippen molar-refractivity contribution in [3.05, 3.63) is 34.6 Å². The number of halogens is 4. The van der Waals surface area contributed by atoms with Gasteiger partial charge in [0.15, 0.2) is 0 Å². The second kappa shape index (κ2) is 4.74. The molecule has 0 heterocycles. The predicted octanol–water partition coefficient (Wildman–Crippen LogP) is 3.13. The molecule has 0 aliphatic rings. The summed E-state index contributed by atoms with van der Waals surface area (Å²) in [4.78, 5) is 10.9. The van der Waals surface area contributed by atoms with E-state index in [-0.39, 0.29) is 11.6 Å². The van der Waals surface area contributed by atoms with Gasteiger partial charge in [0.2, 0.25) is 0 Å². The summed E-state index contributed by atoms with van der Waals surface area (Å²) in [6, 6.07) is 2.55. The molecule has 1 aromatic rings. The predicted molar refractivity (Wildman–Crippen MR) is 51.9 cm³/mol. The van der Waals surface area contributed by atoms with Crippen LogP contribution in [0, 0.1) is 5.82 Å². The molecule has 0 bridgehead atoms. The van der Waals surface area contributed by atoms with E-state index in [0.717, 1.165) is 12.1 Å². The highest BCUT2D eigenvalue weighted by Crippen LogP contribution is 2.32. The number of rotatable bonds is 3. The van der Waals surface area contributed by atoms with E-state index in [1.807, 2.05) is 0 Å². The lowest BCUT2D eigenvalue weighted by atomic mass is 10.1. The van der Waals surface area contributed by atoms with E-state index < -0.39 is 23.3 Å². The van der Waals surface area contributed by atoms with Crippen LogP contribution < -0.4 is 0 Å². The number of ether oxygens (including phenoxy) is 1. The summed E-state index contributed by atoms with van der Waals surface area (Å²) in [7, 11) is 0. The second-order valence-corrected chi connectivity index (χ2v) is 3.36. The van der Waals surface area contributed by atoms with Crippen LogP contribution in [0.25, 0.3) is 0 Å². The molecule has 6 heteroatoms. The van der Waals surface area contributed by atoms with Crippen molar-refractivity contribution in [2.45, 2.75) is 12.8 Å². The molecule has 16 heavy (non-hydrogen) atoms. The summed E-state index contributed by atoms with van der Waals surface area (Å²) in [6.45, 7) is 1.18. The molecule has 0 aliphatic carbocycles. The fraction of sp³-hybridized carbons (Fsp3) is 0.300. The fourth-order valence-corrected chi connectivity index (χ4v) is 1.23. The van der Waals surface area contributed by atoms with E-state index in [2.05, 4.69) is 4.74 Å². The van der Waals surface area contributed by atoms with Crippen molar-refractivity contribution >= 4 is 17.6 Å². The lowest BCUT2D eigenvalue weighted by Gasteiger charge is -2.15. The number of alkyl halides is 2. The number of benzene rings is 1. The van der Waals surface area contributed by atoms with Gasteiger partial charge in [-0.2, -0.15) is 8.78 Å². The minimum absolute atomic E-state index is 0.0269. The number of carbonyl (C=O) groups is 1. The number of esters is 1. The molecular weight excluding hydrogens is 245 g/mol. The van der Waals surface area contributed by atoms with Gasteiger partial charge in [-0.25, -0.2) is 9.18 Å². The maximum Gasteiger partial charge on any atom is 0.382 e. The molecule has 0 saturated carbocycles. The van der Waals surface area contributed by atoms with Crippen LogP contribution in [0.3, 0.4) is 0 Å². The topological polar surface area (TPSA) is 26.3 Å². The van der Waals surface area contributed by atoms with Crippen LogP contribution in [-0.4, -0.2) is 12.6 Å². The quantitative estimate of drug-likeness (QED) is 0.773. The highest BCUT2D eigenvalue weighted by Gasteiger charge is 2.44. The SMILES string of the molecule is CCOC(=O)C(F)(F)c1ccc(Cl)cc1F. The maximum absolute atomic E-state index is 13.4. The van der Waals surface area contributed by atoms with Gasteiger partial charge < -0.3 is 4.74 Å². The summed E-state index contributed by atoms with van der Waals surface area (Å²) in [5.41, 5.74) is -1.05. The average molecular weight is 253 g/mol. The zero-order valence-electron chi connectivity index (χ0n) is 8.27. The molecule has 0 saturated heterocycles. The zero-order chi connectivity index (χ0) is 12.3. The van der Waals surface area contributed by atoms with Crippen molar-refractivity contribution in [1.82, 2.24) is 0 Å². The number of hydrogen-bond acceptors (Lipinski definition) is 2. The monoisotopic (exact) mass is 252 g/mol. The third kappa shape index (κ3) is 2.47. The summed E-state index contributed by atoms with van der Waals surface area (Å²) in [5, 5.41) is -0.0269. The van der Waals surface area contributed by atoms with Crippen molar-refractivity contribution in [3.63, 3.8) is 0 Å². The molecule has 0 unspecified atom stereocenters. The molecule has 0 amide bonds. The summed E-state index contributed by atoms with van der Waals surface area (Å²) in [6.07, 6.45) is 0. The fourth-order valence-electron chi connectivity index (χ4n) is 1.08. The molecule has 1 aromatic carbocycles. The van der Waals surface area contributed by atoms with Crippen LogP contribution in [0.15, 0.2) is 18.2 Å². The first-order chi connectivity index (χ1) is 7.39. The first-order valence-corrected chi connectivity index (χ1v) is 4.78. The molecule has 0 aliphatic heterocycles. The molecule has 0 spiro atoms. The Hall–Kier alpha value is -1.23. The Morgan fingerprint density at radius 3 is 2.62 bits per heavy atom. The third-order valence-electron chi connectivity index (χ3n) is 1.80. The van der Waals surface area contributed by atoms with E-state index in [1.165, 1.54) is 6.92 Å². The molecule has 1 rings (SSSR count). The Bertz CT molecular complexity index is 407. The van der Waals surface area contributed by atoms with Crippen LogP contribution in [0.5, 0.6) is 0 Å². The normalized spacial score (nSPS) is 11.3. The maximum atomic E-state index is 13.4. The Labute approximate surface area is 95.0 Å². The number of hydrogen-bond donors (Lipinski definition) is 0. The van der Waals surface area contributed by atoms with Crippen LogP contribution >= 0.6 is 11.6 Å². The van der Waals surface area contributed by atoms with Gasteiger partial charge in [0.05, 0.1) is 12.2 Å². The van der Waals surface area contributed by atoms with Crippen molar-refractivity contribution < 1.29 is 22.7 Å². The molecule has 0 fully saturated rings. The molecule has 88 valence electrons. The lowest BCUT2D eigenvalue weighted by Crippen LogP contribution is -2.29. The van der Waals surface area contributed by atoms with Crippen molar-refractivity contribution in [1.29, 1.82) is 0 Å². The summed E-state index contributed by atoms with van der Waals surface area (Å²) < 4.78 is 44.1. The molecule has 0 aromatic heterocycles. The van der Waals surface area contributed by atoms with Gasteiger partial charge in [-0.1, -0.05) is 11.6 Å². The Kier molecular flexibility index (Phi) is 3.80. The Morgan fingerprint density at radius 2 is 2.12 bits per heavy atom. The van der Waals surface area contributed by atoms with Gasteiger partial charge in [0.25, 0.3) is 0 Å². The van der Waals surface area contributed by atoms with Gasteiger partial charge in [-0.15, -0.1) is 0 Å². The van der Waals surface area contributed by atoms with E-state index in [4.69, 9.17) is 11.6 Å². The van der Waals surface area contributed by atoms with Crippen LogP contribution in [-0.2, 0) is 15.5 Å². The third-order valence-corrected chi connectivity index (χ3v) is 2.04. The van der Waals surface area contributed by atoms with Crippen molar-refractivity contribution in [3.8, 4) is 0 Å². The van der Waals surface area contributed by atoms with E-state index in [0.29, 0.717) is 6.07 Å². The average Bonchev–Trinajstić information content (AvgIpc) is 2.17. The van der Waals surface area contributed by atoms with Gasteiger partial charge in [-0.3, -0.25) is 0 Å². The minimum atomic E-state index is -4.01. The van der Waals surface area contributed by atoms with Gasteiger partial charge in [0, 0.05) is 5.02 Å². The molecule has 0 radical (unpaired) electrons.